The summed E-state index contributed by atoms with van der Waals surface area (Å²) in [6.07, 6.45) is 2.81. The molecule has 1 amide bonds. The molecule has 39 heavy (non-hydrogen) atoms. The van der Waals surface area contributed by atoms with Crippen LogP contribution in [0.15, 0.2) is 47.0 Å². The maximum atomic E-state index is 13.3. The quantitative estimate of drug-likeness (QED) is 0.213. The second-order valence-corrected chi connectivity index (χ2v) is 13.4. The highest BCUT2D eigenvalue weighted by Gasteiger charge is 2.45. The Morgan fingerprint density at radius 1 is 1.10 bits per heavy atom. The predicted molar refractivity (Wildman–Crippen MR) is 154 cm³/mol. The number of aromatic nitrogens is 3. The van der Waals surface area contributed by atoms with Gasteiger partial charge in [0.1, 0.15) is 11.6 Å². The number of anilines is 1. The molecule has 0 radical (unpaired) electrons. The van der Waals surface area contributed by atoms with Crippen molar-refractivity contribution in [3.05, 3.63) is 70.3 Å². The summed E-state index contributed by atoms with van der Waals surface area (Å²) >= 11 is 6.31. The topological polar surface area (TPSA) is 133 Å². The van der Waals surface area contributed by atoms with Gasteiger partial charge in [0, 0.05) is 33.5 Å². The molecule has 3 heterocycles. The third-order valence-corrected chi connectivity index (χ3v) is 9.64. The molecule has 2 aliphatic rings. The van der Waals surface area contributed by atoms with Gasteiger partial charge in [0.05, 0.1) is 16.7 Å². The third kappa shape index (κ3) is 5.21. The standard InChI is InChI=1S/C28H30ClN5O4S/c1-16-24(17(2)38-34-16)18-6-7-23-22(14-18)25(33-28(10-11-28)19-4-3-5-20(29)15-19)32-26(31-23)27(35)30-21-8-12-39(36,37)13-9-21/h3-7,14-15,21,36-37H,8-13H2,1-2H3,(H,30,35)(H,31,32,33). The van der Waals surface area contributed by atoms with Crippen molar-refractivity contribution in [3.63, 3.8) is 0 Å². The van der Waals surface area contributed by atoms with Crippen LogP contribution in [-0.2, 0) is 5.54 Å². The highest BCUT2D eigenvalue weighted by Crippen LogP contribution is 2.49. The summed E-state index contributed by atoms with van der Waals surface area (Å²) in [5.41, 5.74) is 4.00. The van der Waals surface area contributed by atoms with Crippen LogP contribution >= 0.6 is 22.2 Å². The molecule has 0 atom stereocenters. The summed E-state index contributed by atoms with van der Waals surface area (Å²) in [6.45, 7) is 3.78. The van der Waals surface area contributed by atoms with E-state index in [1.54, 1.807) is 0 Å². The van der Waals surface area contributed by atoms with Crippen LogP contribution in [0.1, 0.15) is 53.3 Å². The first-order valence-electron chi connectivity index (χ1n) is 13.0. The first-order valence-corrected chi connectivity index (χ1v) is 15.2. The zero-order valence-corrected chi connectivity index (χ0v) is 23.3. The number of nitrogens with zero attached hydrogens (tertiary/aromatic N) is 3. The van der Waals surface area contributed by atoms with Gasteiger partial charge in [-0.25, -0.2) is 9.97 Å². The van der Waals surface area contributed by atoms with E-state index in [9.17, 15) is 13.9 Å². The Balaban J connectivity index is 1.39. The lowest BCUT2D eigenvalue weighted by Crippen LogP contribution is -2.40. The van der Waals surface area contributed by atoms with Crippen LogP contribution in [0.25, 0.3) is 22.0 Å². The number of hydrogen-bond donors (Lipinski definition) is 4. The van der Waals surface area contributed by atoms with E-state index in [4.69, 9.17) is 21.1 Å². The highest BCUT2D eigenvalue weighted by molar-refractivity contribution is 8.24. The van der Waals surface area contributed by atoms with Gasteiger partial charge < -0.3 is 15.2 Å². The van der Waals surface area contributed by atoms with Crippen molar-refractivity contribution >= 4 is 44.8 Å². The maximum absolute atomic E-state index is 13.3. The molecule has 1 aliphatic carbocycles. The molecule has 4 N–H and O–H groups in total. The summed E-state index contributed by atoms with van der Waals surface area (Å²) in [5.74, 6) is 1.54. The molecule has 2 fully saturated rings. The Kier molecular flexibility index (Phi) is 6.53. The Hall–Kier alpha value is -3.18. The molecule has 0 spiro atoms. The van der Waals surface area contributed by atoms with Crippen LogP contribution < -0.4 is 10.6 Å². The lowest BCUT2D eigenvalue weighted by atomic mass is 10.0. The van der Waals surface area contributed by atoms with E-state index in [1.807, 2.05) is 56.3 Å². The molecule has 204 valence electrons. The molecule has 0 unspecified atom stereocenters. The number of amides is 1. The van der Waals surface area contributed by atoms with Gasteiger partial charge in [-0.05, 0) is 74.9 Å². The number of fused-ring (bicyclic) bond motifs is 1. The Morgan fingerprint density at radius 3 is 2.54 bits per heavy atom. The van der Waals surface area contributed by atoms with Crippen LogP contribution in [0.5, 0.6) is 0 Å². The maximum Gasteiger partial charge on any atom is 0.289 e. The molecule has 1 saturated heterocycles. The summed E-state index contributed by atoms with van der Waals surface area (Å²) in [6, 6.07) is 13.5. The molecular weight excluding hydrogens is 538 g/mol. The number of carbonyl (C=O) groups excluding carboxylic acids is 1. The van der Waals surface area contributed by atoms with Gasteiger partial charge in [-0.3, -0.25) is 13.9 Å². The van der Waals surface area contributed by atoms with Crippen molar-refractivity contribution < 1.29 is 18.4 Å². The molecule has 1 saturated carbocycles. The zero-order chi connectivity index (χ0) is 27.4. The van der Waals surface area contributed by atoms with Crippen LogP contribution in [-0.4, -0.2) is 47.7 Å². The average molecular weight is 568 g/mol. The van der Waals surface area contributed by atoms with Crippen molar-refractivity contribution in [3.8, 4) is 11.1 Å². The zero-order valence-electron chi connectivity index (χ0n) is 21.7. The second kappa shape index (κ2) is 9.78. The summed E-state index contributed by atoms with van der Waals surface area (Å²) in [5, 5.41) is 12.2. The normalized spacial score (nSPS) is 19.0. The van der Waals surface area contributed by atoms with Crippen LogP contribution in [0, 0.1) is 13.8 Å². The molecule has 6 rings (SSSR count). The Bertz CT molecular complexity index is 1560. The lowest BCUT2D eigenvalue weighted by Gasteiger charge is -2.39. The predicted octanol–water partition coefficient (Wildman–Crippen LogP) is 6.30. The number of carbonyl (C=O) groups is 1. The first-order chi connectivity index (χ1) is 18.6. The van der Waals surface area contributed by atoms with E-state index in [-0.39, 0.29) is 34.8 Å². The molecule has 0 bridgehead atoms. The van der Waals surface area contributed by atoms with Crippen LogP contribution in [0.3, 0.4) is 0 Å². The fraction of sp³-hybridized carbons (Fsp3) is 0.357. The number of aryl methyl sites for hydroxylation is 2. The number of halogens is 1. The largest absolute Gasteiger partial charge is 0.361 e. The van der Waals surface area contributed by atoms with E-state index in [1.165, 1.54) is 0 Å². The van der Waals surface area contributed by atoms with Crippen LogP contribution in [0.2, 0.25) is 5.02 Å². The van der Waals surface area contributed by atoms with Crippen molar-refractivity contribution in [2.45, 2.75) is 51.1 Å². The summed E-state index contributed by atoms with van der Waals surface area (Å²) in [7, 11) is -2.54. The number of rotatable bonds is 6. The van der Waals surface area contributed by atoms with Gasteiger partial charge in [0.25, 0.3) is 5.91 Å². The van der Waals surface area contributed by atoms with Crippen LogP contribution in [0.4, 0.5) is 5.82 Å². The van der Waals surface area contributed by atoms with Crippen molar-refractivity contribution in [1.29, 1.82) is 0 Å². The van der Waals surface area contributed by atoms with Crippen molar-refractivity contribution in [2.24, 2.45) is 0 Å². The summed E-state index contributed by atoms with van der Waals surface area (Å²) < 4.78 is 25.2. The average Bonchev–Trinajstić information content (AvgIpc) is 3.61. The number of hydrogen-bond acceptors (Lipinski definition) is 8. The minimum absolute atomic E-state index is 0.0640. The Labute approximate surface area is 232 Å². The van der Waals surface area contributed by atoms with E-state index in [2.05, 4.69) is 20.8 Å². The van der Waals surface area contributed by atoms with Gasteiger partial charge in [-0.2, -0.15) is 10.6 Å². The second-order valence-electron chi connectivity index (χ2n) is 10.5. The molecule has 9 nitrogen and oxygen atoms in total. The fourth-order valence-corrected chi connectivity index (χ4v) is 7.02. The highest BCUT2D eigenvalue weighted by atomic mass is 35.5. The summed E-state index contributed by atoms with van der Waals surface area (Å²) in [4.78, 5) is 22.6. The van der Waals surface area contributed by atoms with Gasteiger partial charge in [0.2, 0.25) is 5.82 Å². The number of nitrogens with one attached hydrogen (secondary N) is 2. The van der Waals surface area contributed by atoms with Gasteiger partial charge >= 0.3 is 0 Å². The molecule has 4 aromatic rings. The molecule has 2 aromatic heterocycles. The van der Waals surface area contributed by atoms with Gasteiger partial charge in [0.15, 0.2) is 0 Å². The minimum Gasteiger partial charge on any atom is -0.361 e. The van der Waals surface area contributed by atoms with E-state index < -0.39 is 10.6 Å². The number of benzene rings is 2. The van der Waals surface area contributed by atoms with E-state index in [0.29, 0.717) is 29.2 Å². The van der Waals surface area contributed by atoms with E-state index in [0.717, 1.165) is 46.4 Å². The van der Waals surface area contributed by atoms with Crippen molar-refractivity contribution in [1.82, 2.24) is 20.4 Å². The van der Waals surface area contributed by atoms with Gasteiger partial charge in [-0.15, -0.1) is 0 Å². The first kappa shape index (κ1) is 26.1. The smallest absolute Gasteiger partial charge is 0.289 e. The molecule has 11 heteroatoms. The third-order valence-electron chi connectivity index (χ3n) is 7.63. The Morgan fingerprint density at radius 2 is 1.87 bits per heavy atom. The molecule has 1 aliphatic heterocycles. The monoisotopic (exact) mass is 567 g/mol. The van der Waals surface area contributed by atoms with E-state index >= 15 is 0 Å². The molecule has 2 aromatic carbocycles. The lowest BCUT2D eigenvalue weighted by molar-refractivity contribution is 0.0923. The SMILES string of the molecule is Cc1noc(C)c1-c1ccc2nc(C(=O)NC3CCS(O)(O)CC3)nc(NC3(c4cccc(Cl)c4)CC3)c2c1. The van der Waals surface area contributed by atoms with Crippen molar-refractivity contribution in [2.75, 3.05) is 16.8 Å². The minimum atomic E-state index is -2.54. The van der Waals surface area contributed by atoms with Gasteiger partial charge in [-0.1, -0.05) is 35.0 Å². The fourth-order valence-electron chi connectivity index (χ4n) is 5.30. The molecular formula is C28H30ClN5O4S.